The molecule has 230 valence electrons. The highest BCUT2D eigenvalue weighted by Gasteiger charge is 2.15. The summed E-state index contributed by atoms with van der Waals surface area (Å²) in [6.45, 7) is 0. The third-order valence-electron chi connectivity index (χ3n) is 8.97. The van der Waals surface area contributed by atoms with Gasteiger partial charge < -0.3 is 4.42 Å². The van der Waals surface area contributed by atoms with Crippen LogP contribution >= 0.6 is 0 Å². The Hall–Kier alpha value is -6.65. The first kappa shape index (κ1) is 28.6. The van der Waals surface area contributed by atoms with Crippen molar-refractivity contribution in [2.24, 2.45) is 0 Å². The molecule has 9 aromatic rings. The number of hydrogen-bond acceptors (Lipinski definition) is 4. The lowest BCUT2D eigenvalue weighted by Crippen LogP contribution is -2.00. The molecular weight excluding hydrogens is 599 g/mol. The fourth-order valence-corrected chi connectivity index (χ4v) is 6.39. The third-order valence-corrected chi connectivity index (χ3v) is 8.97. The van der Waals surface area contributed by atoms with Crippen LogP contribution in [0.5, 0.6) is 0 Å². The Morgan fingerprint density at radius 3 is 1.29 bits per heavy atom. The topological polar surface area (TPSA) is 51.8 Å². The number of hydrogen-bond donors (Lipinski definition) is 0. The molecule has 0 amide bonds. The van der Waals surface area contributed by atoms with Crippen molar-refractivity contribution in [3.63, 3.8) is 0 Å². The van der Waals surface area contributed by atoms with Gasteiger partial charge in [-0.3, -0.25) is 0 Å². The Balaban J connectivity index is 1.13. The van der Waals surface area contributed by atoms with E-state index in [1.807, 2.05) is 30.3 Å². The standard InChI is InChI=1S/C45H29N3O/c1-3-10-30(11-4-1)32-18-22-34(23-19-32)43-46-44(35-24-20-33(21-25-35)31-12-5-2-6-13-31)48-45(47-43)38-15-9-14-36(28-38)37-26-27-40-39-16-7-8-17-41(39)49-42(40)29-37/h1-29H. The first-order chi connectivity index (χ1) is 24.2. The van der Waals surface area contributed by atoms with Gasteiger partial charge >= 0.3 is 0 Å². The maximum atomic E-state index is 6.20. The van der Waals surface area contributed by atoms with Gasteiger partial charge in [0, 0.05) is 27.5 Å². The lowest BCUT2D eigenvalue weighted by Gasteiger charge is -2.11. The first-order valence-corrected chi connectivity index (χ1v) is 16.4. The molecule has 0 fully saturated rings. The van der Waals surface area contributed by atoms with E-state index in [2.05, 4.69) is 146 Å². The molecule has 0 atom stereocenters. The van der Waals surface area contributed by atoms with Crippen molar-refractivity contribution in [3.05, 3.63) is 176 Å². The highest BCUT2D eigenvalue weighted by atomic mass is 16.3. The molecule has 0 aliphatic heterocycles. The summed E-state index contributed by atoms with van der Waals surface area (Å²) < 4.78 is 6.20. The average molecular weight is 628 g/mol. The monoisotopic (exact) mass is 627 g/mol. The van der Waals surface area contributed by atoms with Gasteiger partial charge in [0.2, 0.25) is 0 Å². The molecule has 0 radical (unpaired) electrons. The Morgan fingerprint density at radius 1 is 0.265 bits per heavy atom. The quantitative estimate of drug-likeness (QED) is 0.184. The molecule has 4 heteroatoms. The van der Waals surface area contributed by atoms with Crippen molar-refractivity contribution in [1.29, 1.82) is 0 Å². The minimum Gasteiger partial charge on any atom is -0.456 e. The number of fused-ring (bicyclic) bond motifs is 3. The highest BCUT2D eigenvalue weighted by Crippen LogP contribution is 2.34. The zero-order valence-electron chi connectivity index (χ0n) is 26.5. The lowest BCUT2D eigenvalue weighted by molar-refractivity contribution is 0.669. The molecule has 0 aliphatic carbocycles. The van der Waals surface area contributed by atoms with Crippen molar-refractivity contribution < 1.29 is 4.42 Å². The number of rotatable bonds is 6. The van der Waals surface area contributed by atoms with Gasteiger partial charge in [0.15, 0.2) is 17.5 Å². The fourth-order valence-electron chi connectivity index (χ4n) is 6.39. The van der Waals surface area contributed by atoms with E-state index in [-0.39, 0.29) is 0 Å². The summed E-state index contributed by atoms with van der Waals surface area (Å²) in [6.07, 6.45) is 0. The predicted octanol–water partition coefficient (Wildman–Crippen LogP) is 11.8. The summed E-state index contributed by atoms with van der Waals surface area (Å²) in [4.78, 5) is 15.1. The van der Waals surface area contributed by atoms with E-state index >= 15 is 0 Å². The van der Waals surface area contributed by atoms with Gasteiger partial charge in [-0.25, -0.2) is 15.0 Å². The van der Waals surface area contributed by atoms with Crippen molar-refractivity contribution in [1.82, 2.24) is 15.0 Å². The van der Waals surface area contributed by atoms with Crippen LogP contribution in [-0.2, 0) is 0 Å². The second kappa shape index (κ2) is 12.2. The van der Waals surface area contributed by atoms with Crippen LogP contribution in [0.25, 0.3) is 89.5 Å². The lowest BCUT2D eigenvalue weighted by atomic mass is 10.0. The van der Waals surface area contributed by atoms with Crippen LogP contribution in [-0.4, -0.2) is 15.0 Å². The molecule has 4 nitrogen and oxygen atoms in total. The second-order valence-electron chi connectivity index (χ2n) is 12.1. The maximum Gasteiger partial charge on any atom is 0.164 e. The van der Waals surface area contributed by atoms with Crippen LogP contribution in [0.15, 0.2) is 180 Å². The summed E-state index contributed by atoms with van der Waals surface area (Å²) in [6, 6.07) is 60.5. The molecular formula is C45H29N3O. The molecule has 0 N–H and O–H groups in total. The van der Waals surface area contributed by atoms with E-state index < -0.39 is 0 Å². The van der Waals surface area contributed by atoms with Crippen LogP contribution < -0.4 is 0 Å². The molecule has 0 saturated carbocycles. The summed E-state index contributed by atoms with van der Waals surface area (Å²) in [5, 5.41) is 2.23. The van der Waals surface area contributed by atoms with E-state index in [1.165, 1.54) is 11.1 Å². The van der Waals surface area contributed by atoms with E-state index in [9.17, 15) is 0 Å². The largest absolute Gasteiger partial charge is 0.456 e. The molecule has 0 aliphatic rings. The van der Waals surface area contributed by atoms with E-state index in [1.54, 1.807) is 0 Å². The van der Waals surface area contributed by atoms with Gasteiger partial charge in [-0.05, 0) is 57.6 Å². The van der Waals surface area contributed by atoms with Crippen LogP contribution in [0.2, 0.25) is 0 Å². The Kier molecular flexibility index (Phi) is 7.10. The Bertz CT molecular complexity index is 2470. The summed E-state index contributed by atoms with van der Waals surface area (Å²) >= 11 is 0. The van der Waals surface area contributed by atoms with Crippen molar-refractivity contribution >= 4 is 21.9 Å². The molecule has 0 spiro atoms. The maximum absolute atomic E-state index is 6.20. The van der Waals surface area contributed by atoms with Crippen molar-refractivity contribution in [3.8, 4) is 67.5 Å². The van der Waals surface area contributed by atoms with Crippen LogP contribution in [0, 0.1) is 0 Å². The number of furan rings is 1. The molecule has 9 rings (SSSR count). The zero-order chi connectivity index (χ0) is 32.6. The molecule has 0 saturated heterocycles. The fraction of sp³-hybridized carbons (Fsp3) is 0. The minimum atomic E-state index is 0.617. The smallest absolute Gasteiger partial charge is 0.164 e. The summed E-state index contributed by atoms with van der Waals surface area (Å²) in [5.74, 6) is 1.87. The Morgan fingerprint density at radius 2 is 0.673 bits per heavy atom. The SMILES string of the molecule is c1ccc(-c2ccc(-c3nc(-c4ccc(-c5ccccc5)cc4)nc(-c4cccc(-c5ccc6c(c5)oc5ccccc56)c4)n3)cc2)cc1. The van der Waals surface area contributed by atoms with Crippen LogP contribution in [0.3, 0.4) is 0 Å². The number of benzene rings is 7. The second-order valence-corrected chi connectivity index (χ2v) is 12.1. The van der Waals surface area contributed by atoms with E-state index in [0.717, 1.165) is 60.9 Å². The molecule has 2 heterocycles. The molecule has 7 aromatic carbocycles. The van der Waals surface area contributed by atoms with Crippen LogP contribution in [0.4, 0.5) is 0 Å². The molecule has 0 bridgehead atoms. The zero-order valence-corrected chi connectivity index (χ0v) is 26.5. The van der Waals surface area contributed by atoms with E-state index in [4.69, 9.17) is 19.4 Å². The number of para-hydroxylation sites is 1. The van der Waals surface area contributed by atoms with Gasteiger partial charge in [0.25, 0.3) is 0 Å². The highest BCUT2D eigenvalue weighted by molar-refractivity contribution is 6.05. The first-order valence-electron chi connectivity index (χ1n) is 16.4. The molecule has 49 heavy (non-hydrogen) atoms. The summed E-state index contributed by atoms with van der Waals surface area (Å²) in [7, 11) is 0. The third kappa shape index (κ3) is 5.56. The Labute approximate surface area is 284 Å². The van der Waals surface area contributed by atoms with E-state index in [0.29, 0.717) is 17.5 Å². The molecule has 2 aromatic heterocycles. The average Bonchev–Trinajstić information content (AvgIpc) is 3.57. The normalized spacial score (nSPS) is 11.3. The van der Waals surface area contributed by atoms with Crippen LogP contribution in [0.1, 0.15) is 0 Å². The minimum absolute atomic E-state index is 0.617. The van der Waals surface area contributed by atoms with Gasteiger partial charge in [0.05, 0.1) is 0 Å². The van der Waals surface area contributed by atoms with Gasteiger partial charge in [-0.2, -0.15) is 0 Å². The van der Waals surface area contributed by atoms with Gasteiger partial charge in [-0.1, -0.05) is 152 Å². The van der Waals surface area contributed by atoms with Crippen molar-refractivity contribution in [2.45, 2.75) is 0 Å². The molecule has 0 unspecified atom stereocenters. The van der Waals surface area contributed by atoms with Crippen molar-refractivity contribution in [2.75, 3.05) is 0 Å². The summed E-state index contributed by atoms with van der Waals surface area (Å²) in [5.41, 5.74) is 11.3. The number of nitrogens with zero attached hydrogens (tertiary/aromatic N) is 3. The predicted molar refractivity (Wildman–Crippen MR) is 200 cm³/mol. The number of aromatic nitrogens is 3. The van der Waals surface area contributed by atoms with Gasteiger partial charge in [0.1, 0.15) is 11.2 Å². The van der Waals surface area contributed by atoms with Gasteiger partial charge in [-0.15, -0.1) is 0 Å².